The van der Waals surface area contributed by atoms with Crippen LogP contribution in [0, 0.1) is 6.92 Å². The molecule has 1 fully saturated rings. The summed E-state index contributed by atoms with van der Waals surface area (Å²) in [5, 5.41) is 3.59. The summed E-state index contributed by atoms with van der Waals surface area (Å²) in [4.78, 5) is 43.3. The van der Waals surface area contributed by atoms with Gasteiger partial charge in [-0.2, -0.15) is 0 Å². The Hall–Kier alpha value is -3.61. The van der Waals surface area contributed by atoms with Gasteiger partial charge in [0.1, 0.15) is 11.3 Å². The van der Waals surface area contributed by atoms with Gasteiger partial charge in [-0.15, -0.1) is 0 Å². The molecule has 0 bridgehead atoms. The van der Waals surface area contributed by atoms with Crippen molar-refractivity contribution in [2.45, 2.75) is 25.8 Å². The molecule has 2 N–H and O–H groups in total. The molecule has 3 aromatic rings. The predicted molar refractivity (Wildman–Crippen MR) is 113 cm³/mol. The van der Waals surface area contributed by atoms with Gasteiger partial charge >= 0.3 is 6.03 Å². The van der Waals surface area contributed by atoms with Crippen LogP contribution in [0.1, 0.15) is 35.0 Å². The highest BCUT2D eigenvalue weighted by molar-refractivity contribution is 6.15. The molecule has 4 rings (SSSR count). The summed E-state index contributed by atoms with van der Waals surface area (Å²) in [7, 11) is 1.56. The van der Waals surface area contributed by atoms with Gasteiger partial charge in [0.05, 0.1) is 13.7 Å². The van der Waals surface area contributed by atoms with Gasteiger partial charge in [-0.1, -0.05) is 37.3 Å². The van der Waals surface area contributed by atoms with E-state index >= 15 is 0 Å². The molecule has 2 aromatic carbocycles. The normalized spacial score (nSPS) is 18.7. The molecular weight excluding hydrogens is 382 g/mol. The number of methoxy groups -OCH3 is 1. The molecule has 2 heterocycles. The fourth-order valence-corrected chi connectivity index (χ4v) is 4.14. The quantitative estimate of drug-likeness (QED) is 0.485. The lowest BCUT2D eigenvalue weighted by Crippen LogP contribution is -2.43. The van der Waals surface area contributed by atoms with E-state index in [1.165, 1.54) is 0 Å². The molecule has 0 radical (unpaired) electrons. The van der Waals surface area contributed by atoms with Crippen molar-refractivity contribution in [3.05, 3.63) is 65.4 Å². The molecule has 0 saturated carbocycles. The van der Waals surface area contributed by atoms with Crippen molar-refractivity contribution in [1.82, 2.24) is 15.2 Å². The summed E-state index contributed by atoms with van der Waals surface area (Å²) in [5.74, 6) is -0.0512. The van der Waals surface area contributed by atoms with Gasteiger partial charge in [-0.05, 0) is 37.1 Å². The van der Waals surface area contributed by atoms with Crippen LogP contribution >= 0.6 is 0 Å². The Labute approximate surface area is 174 Å². The first-order chi connectivity index (χ1) is 14.4. The molecule has 1 aliphatic rings. The Morgan fingerprint density at radius 1 is 1.10 bits per heavy atom. The first kappa shape index (κ1) is 19.7. The third-order valence-corrected chi connectivity index (χ3v) is 5.76. The van der Waals surface area contributed by atoms with E-state index in [0.717, 1.165) is 15.8 Å². The fourth-order valence-electron chi connectivity index (χ4n) is 4.14. The molecule has 0 aliphatic carbocycles. The van der Waals surface area contributed by atoms with Crippen LogP contribution < -0.4 is 10.1 Å². The maximum absolute atomic E-state index is 13.3. The zero-order valence-electron chi connectivity index (χ0n) is 17.1. The second-order valence-corrected chi connectivity index (χ2v) is 7.40. The van der Waals surface area contributed by atoms with E-state index in [1.54, 1.807) is 31.4 Å². The number of ketones is 1. The first-order valence-electron chi connectivity index (χ1n) is 9.80. The molecular formula is C23H23N3O4. The number of carbonyl (C=O) groups excluding carboxylic acids is 3. The molecule has 30 heavy (non-hydrogen) atoms. The number of hydrogen-bond donors (Lipinski definition) is 2. The molecule has 1 aliphatic heterocycles. The van der Waals surface area contributed by atoms with Gasteiger partial charge in [-0.25, -0.2) is 4.79 Å². The molecule has 0 unspecified atom stereocenters. The number of H-pyrrole nitrogens is 1. The lowest BCUT2D eigenvalue weighted by molar-refractivity contribution is -0.131. The maximum Gasteiger partial charge on any atom is 0.325 e. The molecule has 1 aromatic heterocycles. The highest BCUT2D eigenvalue weighted by atomic mass is 16.5. The number of nitrogens with one attached hydrogen (secondary N) is 2. The summed E-state index contributed by atoms with van der Waals surface area (Å²) in [6, 6.07) is 13.9. The van der Waals surface area contributed by atoms with E-state index in [9.17, 15) is 14.4 Å². The average Bonchev–Trinajstić information content (AvgIpc) is 3.22. The number of fused-ring (bicyclic) bond motifs is 1. The van der Waals surface area contributed by atoms with Gasteiger partial charge in [0.2, 0.25) is 0 Å². The maximum atomic E-state index is 13.3. The van der Waals surface area contributed by atoms with Crippen molar-refractivity contribution in [1.29, 1.82) is 0 Å². The summed E-state index contributed by atoms with van der Waals surface area (Å²) >= 11 is 0. The third kappa shape index (κ3) is 2.94. The number of Topliss-reactive ketones (excluding diaryl/α,β-unsaturated/α-hetero) is 1. The number of para-hydroxylation sites is 1. The van der Waals surface area contributed by atoms with Crippen molar-refractivity contribution in [2.24, 2.45) is 0 Å². The van der Waals surface area contributed by atoms with Crippen LogP contribution in [0.3, 0.4) is 0 Å². The van der Waals surface area contributed by atoms with Gasteiger partial charge in [-0.3, -0.25) is 14.5 Å². The summed E-state index contributed by atoms with van der Waals surface area (Å²) in [5.41, 5.74) is 1.52. The largest absolute Gasteiger partial charge is 0.497 e. The van der Waals surface area contributed by atoms with Crippen LogP contribution in [0.4, 0.5) is 4.79 Å². The van der Waals surface area contributed by atoms with E-state index in [1.807, 2.05) is 38.1 Å². The van der Waals surface area contributed by atoms with Gasteiger partial charge < -0.3 is 15.0 Å². The highest BCUT2D eigenvalue weighted by Crippen LogP contribution is 2.34. The van der Waals surface area contributed by atoms with Gasteiger partial charge in [0.25, 0.3) is 5.91 Å². The zero-order chi connectivity index (χ0) is 21.5. The SMILES string of the molecule is CC[C@]1(c2ccc(OC)cc2)NC(=O)N(CC(=O)c2c(C)[nH]c3ccccc23)C1=O. The smallest absolute Gasteiger partial charge is 0.325 e. The number of aromatic nitrogens is 1. The van der Waals surface area contributed by atoms with Crippen LogP contribution in [0.25, 0.3) is 10.9 Å². The minimum absolute atomic E-state index is 0.282. The van der Waals surface area contributed by atoms with Crippen LogP contribution in [0.5, 0.6) is 5.75 Å². The molecule has 154 valence electrons. The van der Waals surface area contributed by atoms with E-state index < -0.39 is 17.5 Å². The number of amides is 3. The highest BCUT2D eigenvalue weighted by Gasteiger charge is 2.51. The Balaban J connectivity index is 1.65. The number of benzene rings is 2. The van der Waals surface area contributed by atoms with Crippen molar-refractivity contribution >= 4 is 28.6 Å². The lowest BCUT2D eigenvalue weighted by Gasteiger charge is -2.26. The van der Waals surface area contributed by atoms with Crippen molar-refractivity contribution < 1.29 is 19.1 Å². The Kier molecular flexibility index (Phi) is 4.81. The van der Waals surface area contributed by atoms with Crippen LogP contribution in [-0.2, 0) is 10.3 Å². The van der Waals surface area contributed by atoms with Crippen LogP contribution in [0.15, 0.2) is 48.5 Å². The van der Waals surface area contributed by atoms with Gasteiger partial charge in [0.15, 0.2) is 5.78 Å². The number of carbonyl (C=O) groups is 3. The van der Waals surface area contributed by atoms with E-state index in [2.05, 4.69) is 10.3 Å². The summed E-state index contributed by atoms with van der Waals surface area (Å²) in [6.45, 7) is 3.33. The van der Waals surface area contributed by atoms with Gasteiger partial charge in [0, 0.05) is 22.2 Å². The zero-order valence-corrected chi connectivity index (χ0v) is 17.1. The van der Waals surface area contributed by atoms with Crippen molar-refractivity contribution in [3.63, 3.8) is 0 Å². The van der Waals surface area contributed by atoms with E-state index in [-0.39, 0.29) is 12.3 Å². The predicted octanol–water partition coefficient (Wildman–Crippen LogP) is 3.52. The van der Waals surface area contributed by atoms with E-state index in [0.29, 0.717) is 29.0 Å². The number of aryl methyl sites for hydroxylation is 1. The monoisotopic (exact) mass is 405 g/mol. The van der Waals surface area contributed by atoms with Crippen molar-refractivity contribution in [3.8, 4) is 5.75 Å². The first-order valence-corrected chi connectivity index (χ1v) is 9.80. The number of rotatable bonds is 6. The standard InChI is InChI=1S/C23H23N3O4/c1-4-23(15-9-11-16(30-3)12-10-15)21(28)26(22(29)25-23)13-19(27)20-14(2)24-18-8-6-5-7-17(18)20/h5-12,24H,4,13H2,1-3H3,(H,25,29)/t23-/m1/s1. The summed E-state index contributed by atoms with van der Waals surface area (Å²) in [6.07, 6.45) is 0.362. The topological polar surface area (TPSA) is 91.5 Å². The minimum Gasteiger partial charge on any atom is -0.497 e. The Morgan fingerprint density at radius 2 is 1.80 bits per heavy atom. The summed E-state index contributed by atoms with van der Waals surface area (Å²) < 4.78 is 5.18. The Morgan fingerprint density at radius 3 is 2.47 bits per heavy atom. The number of imide groups is 1. The second kappa shape index (κ2) is 7.33. The lowest BCUT2D eigenvalue weighted by atomic mass is 9.87. The molecule has 3 amide bonds. The number of aromatic amines is 1. The average molecular weight is 405 g/mol. The fraction of sp³-hybridized carbons (Fsp3) is 0.261. The minimum atomic E-state index is -1.20. The van der Waals surface area contributed by atoms with Crippen molar-refractivity contribution in [2.75, 3.05) is 13.7 Å². The molecule has 0 spiro atoms. The van der Waals surface area contributed by atoms with Crippen LogP contribution in [-0.4, -0.2) is 41.3 Å². The number of hydrogen-bond acceptors (Lipinski definition) is 4. The number of nitrogens with zero attached hydrogens (tertiary/aromatic N) is 1. The second-order valence-electron chi connectivity index (χ2n) is 7.40. The van der Waals surface area contributed by atoms with E-state index in [4.69, 9.17) is 4.74 Å². The Bertz CT molecular complexity index is 1150. The third-order valence-electron chi connectivity index (χ3n) is 5.76. The molecule has 1 atom stereocenters. The molecule has 7 heteroatoms. The molecule has 7 nitrogen and oxygen atoms in total. The number of ether oxygens (including phenoxy) is 1. The molecule has 1 saturated heterocycles. The number of urea groups is 1. The van der Waals surface area contributed by atoms with Crippen LogP contribution in [0.2, 0.25) is 0 Å².